The monoisotopic (exact) mass is 439 g/mol. The second-order valence-electron chi connectivity index (χ2n) is 6.94. The average Bonchev–Trinajstić information content (AvgIpc) is 3.34. The minimum absolute atomic E-state index is 0.118. The van der Waals surface area contributed by atoms with E-state index < -0.39 is 17.3 Å². The highest BCUT2D eigenvalue weighted by molar-refractivity contribution is 7.15. The van der Waals surface area contributed by atoms with Crippen LogP contribution in [-0.2, 0) is 26.2 Å². The molecule has 28 heavy (non-hydrogen) atoms. The number of likely N-dealkylation sites (tertiary alicyclic amines) is 1. The summed E-state index contributed by atoms with van der Waals surface area (Å²) < 4.78 is 0.520. The maximum Gasteiger partial charge on any atom is 0.394 e. The van der Waals surface area contributed by atoms with Crippen molar-refractivity contribution in [1.29, 1.82) is 0 Å². The van der Waals surface area contributed by atoms with Gasteiger partial charge in [-0.3, -0.25) is 9.59 Å². The molecule has 0 radical (unpaired) electrons. The van der Waals surface area contributed by atoms with Crippen molar-refractivity contribution in [2.75, 3.05) is 24.5 Å². The molecule has 7 nitrogen and oxygen atoms in total. The molecule has 1 unspecified atom stereocenters. The van der Waals surface area contributed by atoms with Crippen LogP contribution in [0.25, 0.3) is 0 Å². The van der Waals surface area contributed by atoms with Gasteiger partial charge in [-0.1, -0.05) is 23.2 Å². The van der Waals surface area contributed by atoms with Crippen molar-refractivity contribution in [3.05, 3.63) is 44.3 Å². The highest BCUT2D eigenvalue weighted by Gasteiger charge is 2.50. The van der Waals surface area contributed by atoms with Gasteiger partial charge in [-0.25, -0.2) is 9.78 Å². The number of rotatable bonds is 2. The number of carbonyl (C=O) groups is 3. The first-order valence-corrected chi connectivity index (χ1v) is 10.1. The lowest BCUT2D eigenvalue weighted by atomic mass is 9.81. The molecule has 1 N–H and O–H groups in total. The maximum atomic E-state index is 13.0. The van der Waals surface area contributed by atoms with Crippen LogP contribution in [0.2, 0.25) is 9.36 Å². The fourth-order valence-corrected chi connectivity index (χ4v) is 5.11. The third kappa shape index (κ3) is 3.25. The number of amides is 2. The van der Waals surface area contributed by atoms with Crippen LogP contribution in [0.4, 0.5) is 5.69 Å². The lowest BCUT2D eigenvalue weighted by Crippen LogP contribution is -2.42. The summed E-state index contributed by atoms with van der Waals surface area (Å²) in [7, 11) is 0. The fourth-order valence-electron chi connectivity index (χ4n) is 3.99. The molecular weight excluding hydrogens is 425 g/mol. The van der Waals surface area contributed by atoms with E-state index in [2.05, 4.69) is 4.98 Å². The number of carboxylic acid groups (broad SMARTS) is 1. The third-order valence-corrected chi connectivity index (χ3v) is 6.58. The van der Waals surface area contributed by atoms with Gasteiger partial charge in [-0.2, -0.15) is 0 Å². The summed E-state index contributed by atoms with van der Waals surface area (Å²) in [4.78, 5) is 43.1. The van der Waals surface area contributed by atoms with Crippen molar-refractivity contribution in [2.45, 2.75) is 18.3 Å². The maximum absolute atomic E-state index is 13.0. The molecule has 2 aliphatic rings. The Morgan fingerprint density at radius 3 is 2.71 bits per heavy atom. The zero-order valence-electron chi connectivity index (χ0n) is 14.5. The number of hydrogen-bond donors (Lipinski definition) is 1. The molecule has 10 heteroatoms. The van der Waals surface area contributed by atoms with Gasteiger partial charge >= 0.3 is 11.9 Å². The van der Waals surface area contributed by atoms with Crippen LogP contribution < -0.4 is 4.90 Å². The smallest absolute Gasteiger partial charge is 0.394 e. The van der Waals surface area contributed by atoms with Gasteiger partial charge in [0.2, 0.25) is 5.91 Å². The molecule has 1 aromatic carbocycles. The van der Waals surface area contributed by atoms with Gasteiger partial charge in [-0.05, 0) is 30.2 Å². The zero-order valence-corrected chi connectivity index (χ0v) is 16.9. The van der Waals surface area contributed by atoms with E-state index >= 15 is 0 Å². The molecule has 1 spiro atoms. The number of benzene rings is 1. The highest BCUT2D eigenvalue weighted by Crippen LogP contribution is 2.47. The SMILES string of the molecule is O=C(O)C(=O)N1CCC2(C1)CN(C(=O)Cc1ncc(Cl)s1)c1ccc(Cl)cc12. The summed E-state index contributed by atoms with van der Waals surface area (Å²) in [6.07, 6.45) is 2.19. The first-order chi connectivity index (χ1) is 13.3. The number of halogens is 2. The van der Waals surface area contributed by atoms with E-state index in [1.807, 2.05) is 0 Å². The molecule has 2 amide bonds. The Morgan fingerprint density at radius 1 is 1.25 bits per heavy atom. The van der Waals surface area contributed by atoms with Crippen molar-refractivity contribution in [2.24, 2.45) is 0 Å². The molecule has 2 aromatic rings. The zero-order chi connectivity index (χ0) is 20.1. The molecule has 0 saturated carbocycles. The van der Waals surface area contributed by atoms with E-state index in [0.29, 0.717) is 33.9 Å². The van der Waals surface area contributed by atoms with Crippen LogP contribution in [0.5, 0.6) is 0 Å². The van der Waals surface area contributed by atoms with Crippen LogP contribution in [0.1, 0.15) is 17.0 Å². The molecule has 1 atom stereocenters. The van der Waals surface area contributed by atoms with Crippen molar-refractivity contribution < 1.29 is 19.5 Å². The summed E-state index contributed by atoms with van der Waals surface area (Å²) in [5, 5.41) is 10.2. The predicted molar refractivity (Wildman–Crippen MR) is 105 cm³/mol. The lowest BCUT2D eigenvalue weighted by molar-refractivity contribution is -0.155. The number of fused-ring (bicyclic) bond motifs is 2. The molecule has 0 aliphatic carbocycles. The number of nitrogens with zero attached hydrogens (tertiary/aromatic N) is 3. The Labute approximate surface area is 174 Å². The van der Waals surface area contributed by atoms with Gasteiger partial charge in [0, 0.05) is 35.8 Å². The summed E-state index contributed by atoms with van der Waals surface area (Å²) >= 11 is 13.4. The number of hydrogen-bond acceptors (Lipinski definition) is 5. The Morgan fingerprint density at radius 2 is 2.04 bits per heavy atom. The Hall–Kier alpha value is -2.16. The second-order valence-corrected chi connectivity index (χ2v) is 9.12. The van der Waals surface area contributed by atoms with Crippen LogP contribution in [0.15, 0.2) is 24.4 Å². The topological polar surface area (TPSA) is 90.8 Å². The van der Waals surface area contributed by atoms with E-state index in [4.69, 9.17) is 28.3 Å². The van der Waals surface area contributed by atoms with Gasteiger partial charge in [-0.15, -0.1) is 11.3 Å². The molecule has 3 heterocycles. The summed E-state index contributed by atoms with van der Waals surface area (Å²) in [5.74, 6) is -2.54. The Balaban J connectivity index is 1.64. The van der Waals surface area contributed by atoms with E-state index in [1.165, 1.54) is 22.4 Å². The average molecular weight is 440 g/mol. The first-order valence-electron chi connectivity index (χ1n) is 8.52. The van der Waals surface area contributed by atoms with Gasteiger partial charge in [0.05, 0.1) is 12.6 Å². The molecule has 4 rings (SSSR count). The quantitative estimate of drug-likeness (QED) is 0.726. The normalized spacial score (nSPS) is 20.6. The standard InChI is InChI=1S/C18H15Cl2N3O4S/c19-10-1-2-12-11(5-10)18(3-4-22(8-18)16(25)17(26)27)9-23(12)15(24)6-14-21-7-13(20)28-14/h1-2,5,7H,3-4,6,8-9H2,(H,26,27). The van der Waals surface area contributed by atoms with Crippen molar-refractivity contribution in [1.82, 2.24) is 9.88 Å². The van der Waals surface area contributed by atoms with Crippen LogP contribution >= 0.6 is 34.5 Å². The largest absolute Gasteiger partial charge is 0.474 e. The van der Waals surface area contributed by atoms with Crippen molar-refractivity contribution in [3.63, 3.8) is 0 Å². The minimum Gasteiger partial charge on any atom is -0.474 e. The van der Waals surface area contributed by atoms with E-state index in [1.54, 1.807) is 23.1 Å². The van der Waals surface area contributed by atoms with Crippen molar-refractivity contribution >= 4 is 58.0 Å². The number of anilines is 1. The Bertz CT molecular complexity index is 995. The van der Waals surface area contributed by atoms with E-state index in [9.17, 15) is 14.4 Å². The third-order valence-electron chi connectivity index (χ3n) is 5.23. The summed E-state index contributed by atoms with van der Waals surface area (Å²) in [6.45, 7) is 0.920. The van der Waals surface area contributed by atoms with Crippen molar-refractivity contribution in [3.8, 4) is 0 Å². The fraction of sp³-hybridized carbons (Fsp3) is 0.333. The first kappa shape index (κ1) is 19.2. The van der Waals surface area contributed by atoms with Gasteiger partial charge in [0.15, 0.2) is 0 Å². The summed E-state index contributed by atoms with van der Waals surface area (Å²) in [5.41, 5.74) is 1.08. The number of carbonyl (C=O) groups excluding carboxylic acids is 2. The lowest BCUT2D eigenvalue weighted by Gasteiger charge is -2.25. The van der Waals surface area contributed by atoms with Gasteiger partial charge < -0.3 is 14.9 Å². The molecule has 1 saturated heterocycles. The molecule has 0 bridgehead atoms. The van der Waals surface area contributed by atoms with Crippen LogP contribution in [0, 0.1) is 0 Å². The van der Waals surface area contributed by atoms with Gasteiger partial charge in [0.1, 0.15) is 9.34 Å². The van der Waals surface area contributed by atoms with E-state index in [0.717, 1.165) is 11.3 Å². The Kier molecular flexibility index (Phi) is 4.81. The van der Waals surface area contributed by atoms with E-state index in [-0.39, 0.29) is 18.9 Å². The predicted octanol–water partition coefficient (Wildman–Crippen LogP) is 2.59. The van der Waals surface area contributed by atoms with Gasteiger partial charge in [0.25, 0.3) is 0 Å². The molecule has 1 aromatic heterocycles. The minimum atomic E-state index is -1.48. The number of aliphatic carboxylic acids is 1. The molecule has 2 aliphatic heterocycles. The molecular formula is C18H15Cl2N3O4S. The number of carboxylic acids is 1. The molecule has 1 fully saturated rings. The number of aromatic nitrogens is 1. The van der Waals surface area contributed by atoms with Crippen LogP contribution in [-0.4, -0.2) is 52.4 Å². The summed E-state index contributed by atoms with van der Waals surface area (Å²) in [6, 6.07) is 5.31. The molecule has 146 valence electrons. The van der Waals surface area contributed by atoms with Crippen LogP contribution in [0.3, 0.4) is 0 Å². The number of thiazole rings is 1. The highest BCUT2D eigenvalue weighted by atomic mass is 35.5. The second kappa shape index (κ2) is 7.02.